The first-order chi connectivity index (χ1) is 17.3. The number of piperazine rings is 1. The van der Waals surface area contributed by atoms with Gasteiger partial charge in [-0.15, -0.1) is 0 Å². The van der Waals surface area contributed by atoms with Crippen molar-refractivity contribution in [2.24, 2.45) is 0 Å². The number of aromatic nitrogens is 3. The molecule has 3 aromatic rings. The van der Waals surface area contributed by atoms with E-state index in [1.165, 1.54) is 5.56 Å². The number of nitrogens with zero attached hydrogens (tertiary/aromatic N) is 5. The summed E-state index contributed by atoms with van der Waals surface area (Å²) in [5, 5.41) is 8.73. The van der Waals surface area contributed by atoms with Gasteiger partial charge in [-0.05, 0) is 48.9 Å². The second-order valence-electron chi connectivity index (χ2n) is 9.28. The van der Waals surface area contributed by atoms with Crippen molar-refractivity contribution in [3.8, 4) is 5.75 Å². The van der Waals surface area contributed by atoms with Crippen molar-refractivity contribution in [2.75, 3.05) is 60.7 Å². The van der Waals surface area contributed by atoms with E-state index in [1.807, 2.05) is 0 Å². The molecule has 2 aliphatic rings. The van der Waals surface area contributed by atoms with Gasteiger partial charge in [0.05, 0.1) is 6.20 Å². The third kappa shape index (κ3) is 5.30. The van der Waals surface area contributed by atoms with Crippen LogP contribution in [0, 0.1) is 5.82 Å². The highest BCUT2D eigenvalue weighted by Gasteiger charge is 2.19. The molecule has 5 rings (SSSR count). The third-order valence-corrected chi connectivity index (χ3v) is 6.20. The van der Waals surface area contributed by atoms with Crippen molar-refractivity contribution in [3.63, 3.8) is 0 Å². The van der Waals surface area contributed by atoms with E-state index in [1.54, 1.807) is 12.1 Å². The first-order valence-electron chi connectivity index (χ1n) is 11.9. The molecule has 2 aliphatic heterocycles. The molecule has 0 atom stereocenters. The molecule has 1 saturated heterocycles. The molecule has 11 heteroatoms. The van der Waals surface area contributed by atoms with Gasteiger partial charge in [-0.1, -0.05) is 13.8 Å². The van der Waals surface area contributed by atoms with Gasteiger partial charge >= 0.3 is 0 Å². The van der Waals surface area contributed by atoms with Crippen LogP contribution in [-0.4, -0.2) is 65.6 Å². The second kappa shape index (κ2) is 9.94. The molecular weight excluding hydrogens is 463 g/mol. The van der Waals surface area contributed by atoms with E-state index in [0.29, 0.717) is 17.5 Å². The van der Waals surface area contributed by atoms with Crippen molar-refractivity contribution >= 4 is 40.7 Å². The fourth-order valence-electron chi connectivity index (χ4n) is 4.09. The van der Waals surface area contributed by atoms with Gasteiger partial charge in [0.1, 0.15) is 5.82 Å². The third-order valence-electron chi connectivity index (χ3n) is 6.20. The number of rotatable bonds is 6. The highest BCUT2D eigenvalue weighted by molar-refractivity contribution is 5.94. The first-order valence-corrected chi connectivity index (χ1v) is 11.9. The summed E-state index contributed by atoms with van der Waals surface area (Å²) in [6.45, 7) is 8.18. The Kier molecular flexibility index (Phi) is 6.55. The normalized spacial score (nSPS) is 15.8. The summed E-state index contributed by atoms with van der Waals surface area (Å²) in [6.07, 6.45) is 1.11. The minimum Gasteiger partial charge on any atom is -0.480 e. The fraction of sp³-hybridized carbons (Fsp3) is 0.360. The maximum atomic E-state index is 14.6. The zero-order chi connectivity index (χ0) is 25.2. The Morgan fingerprint density at radius 1 is 1.08 bits per heavy atom. The van der Waals surface area contributed by atoms with Gasteiger partial charge in [0.15, 0.2) is 29.8 Å². The topological polar surface area (TPSA) is 108 Å². The van der Waals surface area contributed by atoms with Gasteiger partial charge in [0.2, 0.25) is 5.95 Å². The molecule has 10 nitrogen and oxygen atoms in total. The molecule has 188 valence electrons. The molecule has 4 heterocycles. The summed E-state index contributed by atoms with van der Waals surface area (Å²) < 4.78 is 19.9. The molecule has 0 saturated carbocycles. The Morgan fingerprint density at radius 2 is 1.89 bits per heavy atom. The Morgan fingerprint density at radius 3 is 2.67 bits per heavy atom. The number of carbonyl (C=O) groups is 1. The van der Waals surface area contributed by atoms with E-state index in [-0.39, 0.29) is 30.1 Å². The number of ether oxygens (including phenoxy) is 1. The van der Waals surface area contributed by atoms with Gasteiger partial charge in [0, 0.05) is 37.6 Å². The Bertz CT molecular complexity index is 1280. The number of likely N-dealkylation sites (N-methyl/N-ethyl adjacent to an activating group) is 1. The van der Waals surface area contributed by atoms with Crippen LogP contribution in [0.3, 0.4) is 0 Å². The van der Waals surface area contributed by atoms with Gasteiger partial charge in [-0.3, -0.25) is 4.79 Å². The van der Waals surface area contributed by atoms with Crippen molar-refractivity contribution in [3.05, 3.63) is 47.9 Å². The Hall–Kier alpha value is -3.99. The van der Waals surface area contributed by atoms with E-state index >= 15 is 0 Å². The highest BCUT2D eigenvalue weighted by Crippen LogP contribution is 2.30. The molecule has 0 radical (unpaired) electrons. The molecule has 36 heavy (non-hydrogen) atoms. The van der Waals surface area contributed by atoms with Crippen molar-refractivity contribution in [1.29, 1.82) is 0 Å². The summed E-state index contributed by atoms with van der Waals surface area (Å²) in [7, 11) is 2.13. The lowest BCUT2D eigenvalue weighted by atomic mass is 10.0. The van der Waals surface area contributed by atoms with Crippen LogP contribution >= 0.6 is 0 Å². The van der Waals surface area contributed by atoms with Crippen LogP contribution in [0.25, 0.3) is 0 Å². The predicted octanol–water partition coefficient (Wildman–Crippen LogP) is 3.70. The molecule has 1 amide bonds. The van der Waals surface area contributed by atoms with Crippen LogP contribution in [0.5, 0.6) is 5.75 Å². The monoisotopic (exact) mass is 492 g/mol. The first kappa shape index (κ1) is 23.7. The lowest BCUT2D eigenvalue weighted by molar-refractivity contribution is -0.118. The SMILES string of the molecule is CC(C)c1cc(Nc2ncc(F)c(Nc3ccc4c(n3)NC(=O)CO4)n2)cc(N2CCN(C)CC2)c1. The fourth-order valence-corrected chi connectivity index (χ4v) is 4.09. The van der Waals surface area contributed by atoms with E-state index in [4.69, 9.17) is 4.74 Å². The van der Waals surface area contributed by atoms with Crippen LogP contribution < -0.4 is 25.6 Å². The summed E-state index contributed by atoms with van der Waals surface area (Å²) in [4.78, 5) is 29.0. The van der Waals surface area contributed by atoms with Gasteiger partial charge in [0.25, 0.3) is 5.91 Å². The molecular formula is C25H29FN8O2. The molecule has 1 fully saturated rings. The average molecular weight is 493 g/mol. The maximum absolute atomic E-state index is 14.6. The lowest BCUT2D eigenvalue weighted by Gasteiger charge is -2.34. The van der Waals surface area contributed by atoms with Crippen molar-refractivity contribution in [1.82, 2.24) is 19.9 Å². The number of benzene rings is 1. The zero-order valence-corrected chi connectivity index (χ0v) is 20.5. The Balaban J connectivity index is 1.38. The van der Waals surface area contributed by atoms with Crippen LogP contribution in [0.4, 0.5) is 39.2 Å². The standard InChI is InChI=1S/C25H29FN8O2/c1-15(2)16-10-17(12-18(11-16)34-8-6-33(3)7-9-34)28-25-27-13-19(26)23(32-25)29-21-5-4-20-24(30-21)31-22(35)14-36-20/h4-5,10-13,15H,6-9,14H2,1-3H3,(H3,27,28,29,30,31,32,35). The number of halogens is 1. The van der Waals surface area contributed by atoms with Gasteiger partial charge in [-0.2, -0.15) is 4.98 Å². The molecule has 0 aliphatic carbocycles. The summed E-state index contributed by atoms with van der Waals surface area (Å²) in [5.74, 6) is 0.644. The number of carbonyl (C=O) groups excluding carboxylic acids is 1. The van der Waals surface area contributed by atoms with Crippen LogP contribution in [-0.2, 0) is 4.79 Å². The van der Waals surface area contributed by atoms with Crippen LogP contribution in [0.15, 0.2) is 36.5 Å². The molecule has 0 unspecified atom stereocenters. The highest BCUT2D eigenvalue weighted by atomic mass is 19.1. The lowest BCUT2D eigenvalue weighted by Crippen LogP contribution is -2.44. The van der Waals surface area contributed by atoms with Crippen LogP contribution in [0.2, 0.25) is 0 Å². The Labute approximate surface area is 208 Å². The number of fused-ring (bicyclic) bond motifs is 1. The van der Waals surface area contributed by atoms with E-state index in [2.05, 4.69) is 79.8 Å². The number of hydrogen-bond donors (Lipinski definition) is 3. The minimum absolute atomic E-state index is 0.0395. The van der Waals surface area contributed by atoms with E-state index in [0.717, 1.165) is 43.8 Å². The summed E-state index contributed by atoms with van der Waals surface area (Å²) in [5.41, 5.74) is 3.16. The number of amides is 1. The van der Waals surface area contributed by atoms with E-state index in [9.17, 15) is 9.18 Å². The largest absolute Gasteiger partial charge is 0.480 e. The van der Waals surface area contributed by atoms with Crippen molar-refractivity contribution in [2.45, 2.75) is 19.8 Å². The number of pyridine rings is 1. The number of anilines is 6. The smallest absolute Gasteiger partial charge is 0.263 e. The average Bonchev–Trinajstić information content (AvgIpc) is 2.86. The summed E-state index contributed by atoms with van der Waals surface area (Å²) in [6, 6.07) is 9.64. The molecule has 1 aromatic carbocycles. The van der Waals surface area contributed by atoms with Gasteiger partial charge in [-0.25, -0.2) is 14.4 Å². The summed E-state index contributed by atoms with van der Waals surface area (Å²) >= 11 is 0. The van der Waals surface area contributed by atoms with Gasteiger partial charge < -0.3 is 30.5 Å². The van der Waals surface area contributed by atoms with Crippen LogP contribution in [0.1, 0.15) is 25.3 Å². The van der Waals surface area contributed by atoms with Crippen molar-refractivity contribution < 1.29 is 13.9 Å². The maximum Gasteiger partial charge on any atom is 0.263 e. The second-order valence-corrected chi connectivity index (χ2v) is 9.28. The quantitative estimate of drug-likeness (QED) is 0.475. The molecule has 0 bridgehead atoms. The van der Waals surface area contributed by atoms with E-state index < -0.39 is 5.82 Å². The predicted molar refractivity (Wildman–Crippen MR) is 137 cm³/mol. The molecule has 3 N–H and O–H groups in total. The zero-order valence-electron chi connectivity index (χ0n) is 20.5. The molecule has 2 aromatic heterocycles. The number of hydrogen-bond acceptors (Lipinski definition) is 9. The minimum atomic E-state index is -0.630. The number of nitrogens with one attached hydrogen (secondary N) is 3. The molecule has 0 spiro atoms.